The second kappa shape index (κ2) is 6.72. The zero-order valence-corrected chi connectivity index (χ0v) is 13.3. The van der Waals surface area contributed by atoms with E-state index in [1.807, 2.05) is 0 Å². The van der Waals surface area contributed by atoms with Crippen LogP contribution >= 0.6 is 0 Å². The van der Waals surface area contributed by atoms with E-state index in [2.05, 4.69) is 4.72 Å². The van der Waals surface area contributed by atoms with E-state index in [9.17, 15) is 28.6 Å². The topological polar surface area (TPSA) is 132 Å². The standard InChI is InChI=1S/C14H13N3O6S/c1-10-5-6-13(8-14(10)17(20)21)24(22,23)15-9-11-3-2-4-12(7-11)16(18)19/h2-8,15H,9H2,1H3. The zero-order chi connectivity index (χ0) is 17.9. The maximum atomic E-state index is 12.2. The summed E-state index contributed by atoms with van der Waals surface area (Å²) < 4.78 is 26.8. The lowest BCUT2D eigenvalue weighted by Crippen LogP contribution is -2.23. The minimum absolute atomic E-state index is 0.155. The van der Waals surface area contributed by atoms with Crippen molar-refractivity contribution in [3.63, 3.8) is 0 Å². The third-order valence-electron chi connectivity index (χ3n) is 3.28. The SMILES string of the molecule is Cc1ccc(S(=O)(=O)NCc2cccc([N+](=O)[O-])c2)cc1[N+](=O)[O-]. The van der Waals surface area contributed by atoms with Gasteiger partial charge in [0.15, 0.2) is 0 Å². The number of nitrogens with zero attached hydrogens (tertiary/aromatic N) is 2. The first-order valence-corrected chi connectivity index (χ1v) is 8.17. The molecule has 0 radical (unpaired) electrons. The summed E-state index contributed by atoms with van der Waals surface area (Å²) in [6, 6.07) is 9.11. The van der Waals surface area contributed by atoms with Crippen LogP contribution in [0.2, 0.25) is 0 Å². The van der Waals surface area contributed by atoms with Crippen LogP contribution in [0.1, 0.15) is 11.1 Å². The first kappa shape index (κ1) is 17.5. The third kappa shape index (κ3) is 3.91. The van der Waals surface area contributed by atoms with Crippen molar-refractivity contribution in [3.05, 3.63) is 73.8 Å². The van der Waals surface area contributed by atoms with Crippen LogP contribution in [0.5, 0.6) is 0 Å². The van der Waals surface area contributed by atoms with E-state index in [1.165, 1.54) is 43.3 Å². The summed E-state index contributed by atoms with van der Waals surface area (Å²) in [5.74, 6) is 0. The van der Waals surface area contributed by atoms with Crippen LogP contribution in [0.4, 0.5) is 11.4 Å². The van der Waals surface area contributed by atoms with Crippen molar-refractivity contribution in [2.24, 2.45) is 0 Å². The Kier molecular flexibility index (Phi) is 4.90. The lowest BCUT2D eigenvalue weighted by Gasteiger charge is -2.07. The van der Waals surface area contributed by atoms with E-state index in [1.54, 1.807) is 0 Å². The number of nitrogens with one attached hydrogen (secondary N) is 1. The molecule has 0 spiro atoms. The van der Waals surface area contributed by atoms with Gasteiger partial charge in [-0.2, -0.15) is 0 Å². The Morgan fingerprint density at radius 3 is 2.38 bits per heavy atom. The summed E-state index contributed by atoms with van der Waals surface area (Å²) >= 11 is 0. The normalized spacial score (nSPS) is 11.2. The van der Waals surface area contributed by atoms with Gasteiger partial charge in [-0.1, -0.05) is 18.2 Å². The fourth-order valence-corrected chi connectivity index (χ4v) is 3.03. The Morgan fingerprint density at radius 2 is 1.75 bits per heavy atom. The van der Waals surface area contributed by atoms with E-state index in [0.29, 0.717) is 11.1 Å². The third-order valence-corrected chi connectivity index (χ3v) is 4.67. The van der Waals surface area contributed by atoms with Crippen molar-refractivity contribution < 1.29 is 18.3 Å². The summed E-state index contributed by atoms with van der Waals surface area (Å²) in [6.45, 7) is 1.33. The minimum Gasteiger partial charge on any atom is -0.258 e. The summed E-state index contributed by atoms with van der Waals surface area (Å²) in [4.78, 5) is 20.1. The molecule has 0 atom stereocenters. The molecule has 0 heterocycles. The molecule has 10 heteroatoms. The number of benzene rings is 2. The van der Waals surface area contributed by atoms with Crippen LogP contribution in [0.15, 0.2) is 47.4 Å². The maximum Gasteiger partial charge on any atom is 0.273 e. The molecule has 2 aromatic carbocycles. The summed E-state index contributed by atoms with van der Waals surface area (Å²) in [7, 11) is -3.99. The van der Waals surface area contributed by atoms with Crippen molar-refractivity contribution in [1.29, 1.82) is 0 Å². The number of sulfonamides is 1. The maximum absolute atomic E-state index is 12.2. The van der Waals surface area contributed by atoms with Gasteiger partial charge in [-0.3, -0.25) is 20.2 Å². The van der Waals surface area contributed by atoms with Gasteiger partial charge in [0.25, 0.3) is 11.4 Å². The molecule has 0 aliphatic heterocycles. The van der Waals surface area contributed by atoms with Crippen molar-refractivity contribution in [1.82, 2.24) is 4.72 Å². The van der Waals surface area contributed by atoms with E-state index in [-0.39, 0.29) is 22.8 Å². The summed E-state index contributed by atoms with van der Waals surface area (Å²) in [5, 5.41) is 21.6. The second-order valence-corrected chi connectivity index (χ2v) is 6.72. The Labute approximate surface area is 137 Å². The van der Waals surface area contributed by atoms with Gasteiger partial charge in [0.05, 0.1) is 14.7 Å². The predicted octanol–water partition coefficient (Wildman–Crippen LogP) is 2.29. The fourth-order valence-electron chi connectivity index (χ4n) is 1.99. The highest BCUT2D eigenvalue weighted by Gasteiger charge is 2.19. The lowest BCUT2D eigenvalue weighted by atomic mass is 10.2. The van der Waals surface area contributed by atoms with Crippen LogP contribution in [0, 0.1) is 27.2 Å². The van der Waals surface area contributed by atoms with Gasteiger partial charge in [0.2, 0.25) is 10.0 Å². The van der Waals surface area contributed by atoms with Gasteiger partial charge >= 0.3 is 0 Å². The number of rotatable bonds is 6. The molecule has 2 rings (SSSR count). The number of nitro benzene ring substituents is 2. The summed E-state index contributed by atoms with van der Waals surface area (Å²) in [6.07, 6.45) is 0. The number of non-ortho nitro benzene ring substituents is 1. The van der Waals surface area contributed by atoms with Gasteiger partial charge in [0, 0.05) is 30.3 Å². The number of aryl methyl sites for hydroxylation is 1. The van der Waals surface area contributed by atoms with Crippen molar-refractivity contribution >= 4 is 21.4 Å². The molecule has 1 N–H and O–H groups in total. The molecule has 126 valence electrons. The van der Waals surface area contributed by atoms with Crippen LogP contribution in [-0.4, -0.2) is 18.3 Å². The van der Waals surface area contributed by atoms with Gasteiger partial charge in [-0.15, -0.1) is 0 Å². The smallest absolute Gasteiger partial charge is 0.258 e. The largest absolute Gasteiger partial charge is 0.273 e. The van der Waals surface area contributed by atoms with Gasteiger partial charge in [-0.05, 0) is 18.6 Å². The first-order chi connectivity index (χ1) is 11.2. The molecular formula is C14H13N3O6S. The Balaban J connectivity index is 2.23. The van der Waals surface area contributed by atoms with Crippen molar-refractivity contribution in [2.75, 3.05) is 0 Å². The lowest BCUT2D eigenvalue weighted by molar-refractivity contribution is -0.385. The van der Waals surface area contributed by atoms with E-state index < -0.39 is 19.9 Å². The van der Waals surface area contributed by atoms with Gasteiger partial charge in [0.1, 0.15) is 0 Å². The molecule has 0 saturated carbocycles. The van der Waals surface area contributed by atoms with Gasteiger partial charge in [-0.25, -0.2) is 13.1 Å². The van der Waals surface area contributed by atoms with E-state index in [0.717, 1.165) is 6.07 Å². The van der Waals surface area contributed by atoms with Gasteiger partial charge < -0.3 is 0 Å². The molecule has 2 aromatic rings. The molecule has 0 bridgehead atoms. The Bertz CT molecular complexity index is 910. The summed E-state index contributed by atoms with van der Waals surface area (Å²) in [5.41, 5.74) is 0.290. The molecule has 0 fully saturated rings. The van der Waals surface area contributed by atoms with Crippen LogP contribution in [-0.2, 0) is 16.6 Å². The number of nitro groups is 2. The Hall–Kier alpha value is -2.85. The molecule has 0 aromatic heterocycles. The molecule has 0 amide bonds. The number of hydrogen-bond acceptors (Lipinski definition) is 6. The second-order valence-electron chi connectivity index (χ2n) is 4.96. The quantitative estimate of drug-likeness (QED) is 0.627. The Morgan fingerprint density at radius 1 is 1.04 bits per heavy atom. The van der Waals surface area contributed by atoms with Crippen LogP contribution in [0.25, 0.3) is 0 Å². The van der Waals surface area contributed by atoms with Crippen molar-refractivity contribution in [3.8, 4) is 0 Å². The molecular weight excluding hydrogens is 338 g/mol. The first-order valence-electron chi connectivity index (χ1n) is 6.69. The fraction of sp³-hybridized carbons (Fsp3) is 0.143. The molecule has 24 heavy (non-hydrogen) atoms. The highest BCUT2D eigenvalue weighted by molar-refractivity contribution is 7.89. The molecule has 0 saturated heterocycles. The average Bonchev–Trinajstić information content (AvgIpc) is 2.53. The monoisotopic (exact) mass is 351 g/mol. The van der Waals surface area contributed by atoms with Crippen LogP contribution < -0.4 is 4.72 Å². The molecule has 9 nitrogen and oxygen atoms in total. The van der Waals surface area contributed by atoms with Crippen molar-refractivity contribution in [2.45, 2.75) is 18.4 Å². The highest BCUT2D eigenvalue weighted by Crippen LogP contribution is 2.22. The number of hydrogen-bond donors (Lipinski definition) is 1. The van der Waals surface area contributed by atoms with E-state index in [4.69, 9.17) is 0 Å². The molecule has 0 aliphatic rings. The zero-order valence-electron chi connectivity index (χ0n) is 12.5. The van der Waals surface area contributed by atoms with E-state index >= 15 is 0 Å². The molecule has 0 aliphatic carbocycles. The molecule has 0 unspecified atom stereocenters. The van der Waals surface area contributed by atoms with Crippen LogP contribution in [0.3, 0.4) is 0 Å². The average molecular weight is 351 g/mol. The highest BCUT2D eigenvalue weighted by atomic mass is 32.2. The predicted molar refractivity (Wildman–Crippen MR) is 85.0 cm³/mol. The minimum atomic E-state index is -3.99.